The Balaban J connectivity index is 1.89. The Hall–Kier alpha value is -2.75. The van der Waals surface area contributed by atoms with E-state index >= 15 is 0 Å². The van der Waals surface area contributed by atoms with E-state index in [0.717, 1.165) is 5.56 Å². The summed E-state index contributed by atoms with van der Waals surface area (Å²) in [6, 6.07) is 16.2. The van der Waals surface area contributed by atoms with Gasteiger partial charge in [-0.05, 0) is 29.8 Å². The highest BCUT2D eigenvalue weighted by Gasteiger charge is 2.21. The first-order valence-corrected chi connectivity index (χ1v) is 6.27. The maximum absolute atomic E-state index is 12.1. The molecule has 0 fully saturated rings. The quantitative estimate of drug-likeness (QED) is 0.788. The van der Waals surface area contributed by atoms with Gasteiger partial charge in [0.05, 0.1) is 12.5 Å². The van der Waals surface area contributed by atoms with Crippen molar-refractivity contribution in [2.75, 3.05) is 0 Å². The molecule has 3 aromatic rings. The molecule has 20 heavy (non-hydrogen) atoms. The van der Waals surface area contributed by atoms with Gasteiger partial charge in [-0.25, -0.2) is 0 Å². The summed E-state index contributed by atoms with van der Waals surface area (Å²) in [5.41, 5.74) is 0.947. The second kappa shape index (κ2) is 5.48. The molecule has 0 aliphatic heterocycles. The average molecular weight is 267 g/mol. The Morgan fingerprint density at radius 2 is 1.65 bits per heavy atom. The highest BCUT2D eigenvalue weighted by atomic mass is 16.3. The SMILES string of the molecule is O=C(NC(c1ccccc1)c1ccco1)c1ccco1. The number of nitrogens with one attached hydrogen (secondary N) is 1. The molecule has 0 radical (unpaired) electrons. The third kappa shape index (κ3) is 2.49. The summed E-state index contributed by atoms with van der Waals surface area (Å²) in [4.78, 5) is 12.1. The number of rotatable bonds is 4. The van der Waals surface area contributed by atoms with Crippen LogP contribution in [-0.4, -0.2) is 5.91 Å². The van der Waals surface area contributed by atoms with Crippen LogP contribution in [0.25, 0.3) is 0 Å². The van der Waals surface area contributed by atoms with Gasteiger partial charge >= 0.3 is 0 Å². The maximum Gasteiger partial charge on any atom is 0.287 e. The van der Waals surface area contributed by atoms with Crippen molar-refractivity contribution in [2.45, 2.75) is 6.04 Å². The molecule has 1 atom stereocenters. The van der Waals surface area contributed by atoms with Crippen LogP contribution in [0.2, 0.25) is 0 Å². The van der Waals surface area contributed by atoms with Crippen molar-refractivity contribution in [1.29, 1.82) is 0 Å². The zero-order chi connectivity index (χ0) is 13.8. The normalized spacial score (nSPS) is 12.0. The molecule has 0 spiro atoms. The molecule has 0 aliphatic rings. The highest BCUT2D eigenvalue weighted by molar-refractivity contribution is 5.91. The number of furan rings is 2. The number of amides is 1. The summed E-state index contributed by atoms with van der Waals surface area (Å²) in [7, 11) is 0. The van der Waals surface area contributed by atoms with E-state index in [4.69, 9.17) is 8.83 Å². The minimum Gasteiger partial charge on any atom is -0.467 e. The van der Waals surface area contributed by atoms with Gasteiger partial charge in [0.15, 0.2) is 5.76 Å². The van der Waals surface area contributed by atoms with Crippen molar-refractivity contribution in [3.8, 4) is 0 Å². The van der Waals surface area contributed by atoms with Crippen LogP contribution in [0.5, 0.6) is 0 Å². The van der Waals surface area contributed by atoms with Gasteiger partial charge in [0.2, 0.25) is 0 Å². The van der Waals surface area contributed by atoms with E-state index in [9.17, 15) is 4.79 Å². The van der Waals surface area contributed by atoms with Crippen molar-refractivity contribution >= 4 is 5.91 Å². The molecule has 2 heterocycles. The largest absolute Gasteiger partial charge is 0.467 e. The Morgan fingerprint density at radius 1 is 0.900 bits per heavy atom. The van der Waals surface area contributed by atoms with Crippen LogP contribution < -0.4 is 5.32 Å². The van der Waals surface area contributed by atoms with Crippen molar-refractivity contribution in [3.05, 3.63) is 84.2 Å². The molecule has 4 heteroatoms. The number of hydrogen-bond acceptors (Lipinski definition) is 3. The average Bonchev–Trinajstić information content (AvgIpc) is 3.18. The van der Waals surface area contributed by atoms with Gasteiger partial charge < -0.3 is 14.2 Å². The van der Waals surface area contributed by atoms with Gasteiger partial charge in [-0.1, -0.05) is 30.3 Å². The molecule has 2 aromatic heterocycles. The minimum atomic E-state index is -0.344. The lowest BCUT2D eigenvalue weighted by Crippen LogP contribution is -2.28. The van der Waals surface area contributed by atoms with Gasteiger partial charge in [0.25, 0.3) is 5.91 Å². The Morgan fingerprint density at radius 3 is 2.30 bits per heavy atom. The van der Waals surface area contributed by atoms with E-state index in [-0.39, 0.29) is 17.7 Å². The lowest BCUT2D eigenvalue weighted by molar-refractivity contribution is 0.0911. The molecule has 0 aliphatic carbocycles. The Kier molecular flexibility index (Phi) is 3.37. The van der Waals surface area contributed by atoms with E-state index in [2.05, 4.69) is 5.32 Å². The molecule has 3 rings (SSSR count). The summed E-state index contributed by atoms with van der Waals surface area (Å²) in [5.74, 6) is 0.675. The molecule has 4 nitrogen and oxygen atoms in total. The topological polar surface area (TPSA) is 55.4 Å². The highest BCUT2D eigenvalue weighted by Crippen LogP contribution is 2.22. The second-order valence-electron chi connectivity index (χ2n) is 4.31. The monoisotopic (exact) mass is 267 g/mol. The van der Waals surface area contributed by atoms with E-state index in [1.54, 1.807) is 24.5 Å². The van der Waals surface area contributed by atoms with Crippen LogP contribution in [0.4, 0.5) is 0 Å². The fraction of sp³-hybridized carbons (Fsp3) is 0.0625. The summed E-state index contributed by atoms with van der Waals surface area (Å²) >= 11 is 0. The van der Waals surface area contributed by atoms with Crippen molar-refractivity contribution in [1.82, 2.24) is 5.32 Å². The lowest BCUT2D eigenvalue weighted by Gasteiger charge is -2.16. The molecule has 0 saturated heterocycles. The molecular formula is C16H13NO3. The predicted octanol–water partition coefficient (Wildman–Crippen LogP) is 3.39. The van der Waals surface area contributed by atoms with Gasteiger partial charge in [0, 0.05) is 0 Å². The first-order valence-electron chi connectivity index (χ1n) is 6.27. The smallest absolute Gasteiger partial charge is 0.287 e. The summed E-state index contributed by atoms with van der Waals surface area (Å²) in [6.07, 6.45) is 3.06. The fourth-order valence-electron chi connectivity index (χ4n) is 2.03. The molecule has 1 aromatic carbocycles. The third-order valence-corrected chi connectivity index (χ3v) is 2.98. The zero-order valence-electron chi connectivity index (χ0n) is 10.7. The van der Waals surface area contributed by atoms with Crippen LogP contribution >= 0.6 is 0 Å². The number of carbonyl (C=O) groups excluding carboxylic acids is 1. The summed E-state index contributed by atoms with van der Waals surface area (Å²) in [6.45, 7) is 0. The van der Waals surface area contributed by atoms with Crippen LogP contribution in [0.3, 0.4) is 0 Å². The second-order valence-corrected chi connectivity index (χ2v) is 4.31. The Bertz CT molecular complexity index is 657. The lowest BCUT2D eigenvalue weighted by atomic mass is 10.0. The molecule has 1 N–H and O–H groups in total. The Labute approximate surface area is 116 Å². The van der Waals surface area contributed by atoms with Gasteiger partial charge in [0.1, 0.15) is 11.8 Å². The van der Waals surface area contributed by atoms with E-state index < -0.39 is 0 Å². The van der Waals surface area contributed by atoms with Gasteiger partial charge in [-0.15, -0.1) is 0 Å². The van der Waals surface area contributed by atoms with E-state index in [0.29, 0.717) is 5.76 Å². The number of benzene rings is 1. The van der Waals surface area contributed by atoms with Gasteiger partial charge in [-0.2, -0.15) is 0 Å². The minimum absolute atomic E-state index is 0.275. The first kappa shape index (κ1) is 12.3. The number of hydrogen-bond donors (Lipinski definition) is 1. The van der Waals surface area contributed by atoms with E-state index in [1.807, 2.05) is 36.4 Å². The van der Waals surface area contributed by atoms with Crippen LogP contribution in [-0.2, 0) is 0 Å². The molecule has 0 bridgehead atoms. The molecular weight excluding hydrogens is 254 g/mol. The van der Waals surface area contributed by atoms with Crippen LogP contribution in [0.15, 0.2) is 76.0 Å². The molecule has 0 saturated carbocycles. The van der Waals surface area contributed by atoms with Crippen molar-refractivity contribution < 1.29 is 13.6 Å². The predicted molar refractivity (Wildman–Crippen MR) is 73.2 cm³/mol. The summed E-state index contributed by atoms with van der Waals surface area (Å²) in [5, 5.41) is 2.91. The standard InChI is InChI=1S/C16H13NO3/c18-16(14-9-5-11-20-14)17-15(13-8-4-10-19-13)12-6-2-1-3-7-12/h1-11,15H,(H,17,18). The molecule has 1 amide bonds. The maximum atomic E-state index is 12.1. The van der Waals surface area contributed by atoms with Crippen LogP contribution in [0, 0.1) is 0 Å². The molecule has 1 unspecified atom stereocenters. The van der Waals surface area contributed by atoms with Crippen molar-refractivity contribution in [3.63, 3.8) is 0 Å². The first-order chi connectivity index (χ1) is 9.84. The zero-order valence-corrected chi connectivity index (χ0v) is 10.7. The summed E-state index contributed by atoms with van der Waals surface area (Å²) < 4.78 is 10.5. The van der Waals surface area contributed by atoms with Crippen LogP contribution in [0.1, 0.15) is 27.9 Å². The van der Waals surface area contributed by atoms with Gasteiger partial charge in [-0.3, -0.25) is 4.79 Å². The fourth-order valence-corrected chi connectivity index (χ4v) is 2.03. The van der Waals surface area contributed by atoms with E-state index in [1.165, 1.54) is 6.26 Å². The van der Waals surface area contributed by atoms with Crippen molar-refractivity contribution in [2.24, 2.45) is 0 Å². The molecule has 100 valence electrons. The third-order valence-electron chi connectivity index (χ3n) is 2.98. The number of carbonyl (C=O) groups is 1.